The number of aryl methyl sites for hydroxylation is 1. The molecule has 0 spiro atoms. The molecular formula is C24H21F6N5O3. The molecule has 2 aromatic carbocycles. The number of carbonyl (C=O) groups excluding carboxylic acids is 1. The van der Waals surface area contributed by atoms with Gasteiger partial charge in [0, 0.05) is 12.8 Å². The summed E-state index contributed by atoms with van der Waals surface area (Å²) in [6, 6.07) is 10.9. The smallest absolute Gasteiger partial charge is 0.416 e. The molecule has 8 nitrogen and oxygen atoms in total. The molecule has 1 aromatic heterocycles. The molecule has 0 fully saturated rings. The number of amides is 1. The number of halogens is 6. The minimum Gasteiger partial charge on any atom is -0.494 e. The van der Waals surface area contributed by atoms with Crippen LogP contribution in [0.1, 0.15) is 36.0 Å². The molecule has 0 bridgehead atoms. The third-order valence-electron chi connectivity index (χ3n) is 6.06. The van der Waals surface area contributed by atoms with Gasteiger partial charge in [0.2, 0.25) is 0 Å². The summed E-state index contributed by atoms with van der Waals surface area (Å²) in [5, 5.41) is 10.9. The van der Waals surface area contributed by atoms with Crippen molar-refractivity contribution in [2.45, 2.75) is 44.1 Å². The number of hydrogen-bond donors (Lipinski definition) is 2. The number of nitrogens with one attached hydrogen (secondary N) is 2. The van der Waals surface area contributed by atoms with E-state index >= 15 is 0 Å². The lowest BCUT2D eigenvalue weighted by molar-refractivity contribution is -0.201. The second-order valence-corrected chi connectivity index (χ2v) is 8.74. The normalized spacial score (nSPS) is 18.4. The number of tetrazole rings is 1. The Balaban J connectivity index is 1.74. The topological polar surface area (TPSA) is 102 Å². The van der Waals surface area contributed by atoms with Crippen molar-refractivity contribution in [3.8, 4) is 5.75 Å². The van der Waals surface area contributed by atoms with Gasteiger partial charge in [-0.2, -0.15) is 31.0 Å². The Morgan fingerprint density at radius 3 is 2.21 bits per heavy atom. The van der Waals surface area contributed by atoms with E-state index in [1.165, 1.54) is 24.3 Å². The molecule has 3 aromatic rings. The molecule has 2 heterocycles. The quantitative estimate of drug-likeness (QED) is 0.342. The molecule has 1 atom stereocenters. The van der Waals surface area contributed by atoms with E-state index in [0.29, 0.717) is 4.68 Å². The third-order valence-corrected chi connectivity index (χ3v) is 6.06. The fourth-order valence-corrected chi connectivity index (χ4v) is 4.15. The lowest BCUT2D eigenvalue weighted by atomic mass is 9.77. The molecule has 0 saturated carbocycles. The Morgan fingerprint density at radius 2 is 1.66 bits per heavy atom. The number of benzene rings is 2. The lowest BCUT2D eigenvalue weighted by Gasteiger charge is -2.41. The van der Waals surface area contributed by atoms with Crippen LogP contribution in [0.2, 0.25) is 0 Å². The zero-order valence-corrected chi connectivity index (χ0v) is 19.8. The summed E-state index contributed by atoms with van der Waals surface area (Å²) < 4.78 is 87.0. The van der Waals surface area contributed by atoms with Gasteiger partial charge in [0.1, 0.15) is 11.4 Å². The zero-order chi connectivity index (χ0) is 27.7. The number of aromatic nitrogens is 4. The molecule has 14 heteroatoms. The maximum absolute atomic E-state index is 14.7. The lowest BCUT2D eigenvalue weighted by Crippen LogP contribution is -2.59. The van der Waals surface area contributed by atoms with Crippen LogP contribution in [0, 0.1) is 6.92 Å². The van der Waals surface area contributed by atoms with Crippen molar-refractivity contribution in [3.63, 3.8) is 0 Å². The number of alkyl halides is 6. The van der Waals surface area contributed by atoms with Crippen LogP contribution in [0.3, 0.4) is 0 Å². The van der Waals surface area contributed by atoms with Crippen molar-refractivity contribution in [3.05, 3.63) is 75.7 Å². The summed E-state index contributed by atoms with van der Waals surface area (Å²) >= 11 is 0. The maximum atomic E-state index is 14.7. The van der Waals surface area contributed by atoms with E-state index in [4.69, 9.17) is 4.74 Å². The Labute approximate surface area is 211 Å². The molecule has 0 aliphatic carbocycles. The van der Waals surface area contributed by atoms with Crippen LogP contribution in [0.5, 0.6) is 5.75 Å². The average Bonchev–Trinajstić information content (AvgIpc) is 3.26. The van der Waals surface area contributed by atoms with Gasteiger partial charge in [0.25, 0.3) is 5.91 Å². The van der Waals surface area contributed by atoms with Gasteiger partial charge in [-0.1, -0.05) is 42.0 Å². The second-order valence-electron chi connectivity index (χ2n) is 8.74. The highest BCUT2D eigenvalue weighted by molar-refractivity contribution is 6.23. The first kappa shape index (κ1) is 26.9. The molecule has 0 unspecified atom stereocenters. The minimum absolute atomic E-state index is 0.0690. The molecule has 1 aliphatic heterocycles. The number of hydrogen-bond acceptors (Lipinski definition) is 5. The van der Waals surface area contributed by atoms with E-state index in [2.05, 4.69) is 10.4 Å². The predicted octanol–water partition coefficient (Wildman–Crippen LogP) is 4.34. The maximum Gasteiger partial charge on any atom is 0.416 e. The van der Waals surface area contributed by atoms with Crippen LogP contribution < -0.4 is 15.7 Å². The first-order valence-corrected chi connectivity index (χ1v) is 11.3. The van der Waals surface area contributed by atoms with E-state index in [0.717, 1.165) is 17.7 Å². The first-order valence-electron chi connectivity index (χ1n) is 11.3. The number of carbonyl (C=O) groups is 1. The van der Waals surface area contributed by atoms with E-state index < -0.39 is 48.0 Å². The highest BCUT2D eigenvalue weighted by atomic mass is 19.4. The number of aromatic amines is 1. The van der Waals surface area contributed by atoms with Gasteiger partial charge in [-0.3, -0.25) is 4.79 Å². The Kier molecular flexibility index (Phi) is 7.08. The van der Waals surface area contributed by atoms with Gasteiger partial charge in [-0.15, -0.1) is 0 Å². The average molecular weight is 541 g/mol. The van der Waals surface area contributed by atoms with Crippen LogP contribution >= 0.6 is 0 Å². The van der Waals surface area contributed by atoms with Crippen molar-refractivity contribution in [2.24, 2.45) is 0 Å². The number of ether oxygens (including phenoxy) is 1. The summed E-state index contributed by atoms with van der Waals surface area (Å²) in [7, 11) is 0. The molecule has 0 radical (unpaired) electrons. The molecule has 38 heavy (non-hydrogen) atoms. The van der Waals surface area contributed by atoms with E-state index in [1.54, 1.807) is 19.1 Å². The molecule has 202 valence electrons. The predicted molar refractivity (Wildman–Crippen MR) is 123 cm³/mol. The molecular weight excluding hydrogens is 520 g/mol. The van der Waals surface area contributed by atoms with Crippen LogP contribution in [-0.2, 0) is 10.3 Å². The summed E-state index contributed by atoms with van der Waals surface area (Å²) in [6.45, 7) is 1.50. The van der Waals surface area contributed by atoms with Gasteiger partial charge < -0.3 is 10.1 Å². The first-order chi connectivity index (χ1) is 17.8. The third kappa shape index (κ3) is 5.43. The molecule has 4 rings (SSSR count). The summed E-state index contributed by atoms with van der Waals surface area (Å²) in [5.74, 6) is -1.13. The summed E-state index contributed by atoms with van der Waals surface area (Å²) in [5.41, 5.74) is -3.54. The van der Waals surface area contributed by atoms with Crippen molar-refractivity contribution >= 4 is 17.2 Å². The van der Waals surface area contributed by atoms with Crippen LogP contribution in [0.15, 0.2) is 53.3 Å². The molecule has 2 N–H and O–H groups in total. The zero-order valence-electron chi connectivity index (χ0n) is 19.8. The standard InChI is InChI=1S/C24H21F6N5O3/c1-14-3-5-15(6-4-14)18-13-22(24(28,29)30,31-20(36)19(18)35-21(37)32-33-34-35)16-7-9-17(10-8-16)38-12-2-11-23(25,26)27/h3-10H,2,11-13H2,1H3,(H,31,36)(H,32,34,37)/t22-/m0/s1. The van der Waals surface area contributed by atoms with Gasteiger partial charge in [-0.25, -0.2) is 9.89 Å². The highest BCUT2D eigenvalue weighted by Gasteiger charge is 2.60. The van der Waals surface area contributed by atoms with Gasteiger partial charge in [0.05, 0.1) is 6.61 Å². The van der Waals surface area contributed by atoms with Crippen molar-refractivity contribution in [2.75, 3.05) is 6.61 Å². The van der Waals surface area contributed by atoms with Crippen molar-refractivity contribution in [1.29, 1.82) is 0 Å². The van der Waals surface area contributed by atoms with Gasteiger partial charge in [0.15, 0.2) is 5.54 Å². The fraction of sp³-hybridized carbons (Fsp3) is 0.333. The Bertz CT molecular complexity index is 1390. The second kappa shape index (κ2) is 9.99. The summed E-state index contributed by atoms with van der Waals surface area (Å²) in [4.78, 5) is 25.4. The SMILES string of the molecule is Cc1ccc(C2=C(n3nn[nH]c3=O)C(=O)N[C@@](c3ccc(OCCCC(F)(F)F)cc3)(C(F)(F)F)C2)cc1. The van der Waals surface area contributed by atoms with Crippen molar-refractivity contribution < 1.29 is 35.9 Å². The van der Waals surface area contributed by atoms with Crippen molar-refractivity contribution in [1.82, 2.24) is 25.5 Å². The molecule has 1 amide bonds. The highest BCUT2D eigenvalue weighted by Crippen LogP contribution is 2.49. The molecule has 0 saturated heterocycles. The largest absolute Gasteiger partial charge is 0.494 e. The fourth-order valence-electron chi connectivity index (χ4n) is 4.15. The Hall–Kier alpha value is -4.10. The minimum atomic E-state index is -4.99. The van der Waals surface area contributed by atoms with Crippen LogP contribution in [-0.4, -0.2) is 45.1 Å². The van der Waals surface area contributed by atoms with Crippen LogP contribution in [0.25, 0.3) is 11.3 Å². The number of rotatable bonds is 7. The van der Waals surface area contributed by atoms with Gasteiger partial charge in [-0.05, 0) is 52.6 Å². The molecule has 1 aliphatic rings. The van der Waals surface area contributed by atoms with E-state index in [1.807, 2.05) is 10.4 Å². The van der Waals surface area contributed by atoms with Crippen LogP contribution in [0.4, 0.5) is 26.3 Å². The van der Waals surface area contributed by atoms with E-state index in [-0.39, 0.29) is 35.5 Å². The van der Waals surface area contributed by atoms with Gasteiger partial charge >= 0.3 is 18.0 Å². The number of nitrogens with zero attached hydrogens (tertiary/aromatic N) is 3. The monoisotopic (exact) mass is 541 g/mol. The van der Waals surface area contributed by atoms with E-state index in [9.17, 15) is 35.9 Å². The Morgan fingerprint density at radius 1 is 1.00 bits per heavy atom. The summed E-state index contributed by atoms with van der Waals surface area (Å²) in [6.07, 6.45) is -11.5. The number of H-pyrrole nitrogens is 1.